The monoisotopic (exact) mass is 301 g/mol. The molecule has 108 valence electrons. The molecule has 7 heteroatoms. The van der Waals surface area contributed by atoms with Crippen molar-refractivity contribution in [1.82, 2.24) is 24.7 Å². The van der Waals surface area contributed by atoms with E-state index in [1.807, 2.05) is 38.2 Å². The highest BCUT2D eigenvalue weighted by Crippen LogP contribution is 2.21. The lowest BCUT2D eigenvalue weighted by Crippen LogP contribution is -2.00. The lowest BCUT2D eigenvalue weighted by Gasteiger charge is -2.05. The number of benzene rings is 1. The summed E-state index contributed by atoms with van der Waals surface area (Å²) in [7, 11) is 1.83. The van der Waals surface area contributed by atoms with Gasteiger partial charge in [-0.3, -0.25) is 0 Å². The quantitative estimate of drug-likeness (QED) is 0.741. The fourth-order valence-electron chi connectivity index (χ4n) is 2.10. The first-order chi connectivity index (χ1) is 10.2. The lowest BCUT2D eigenvalue weighted by atomic mass is 10.2. The maximum absolute atomic E-state index is 9.11. The summed E-state index contributed by atoms with van der Waals surface area (Å²) in [4.78, 5) is 9.10. The molecule has 0 saturated carbocycles. The number of fused-ring (bicyclic) bond motifs is 1. The fourth-order valence-corrected chi connectivity index (χ4v) is 2.88. The first-order valence-corrected chi connectivity index (χ1v) is 7.52. The Balaban J connectivity index is 1.83. The molecule has 0 unspecified atom stereocenters. The Morgan fingerprint density at radius 2 is 2.00 bits per heavy atom. The molecule has 21 heavy (non-hydrogen) atoms. The summed E-state index contributed by atoms with van der Waals surface area (Å²) in [5, 5.41) is 18.9. The van der Waals surface area contributed by atoms with Gasteiger partial charge in [-0.2, -0.15) is 0 Å². The molecule has 0 bridgehead atoms. The second-order valence-electron chi connectivity index (χ2n) is 4.65. The summed E-state index contributed by atoms with van der Waals surface area (Å²) in [5.41, 5.74) is 1.93. The van der Waals surface area contributed by atoms with Gasteiger partial charge in [0.1, 0.15) is 12.4 Å². The van der Waals surface area contributed by atoms with E-state index in [4.69, 9.17) is 5.11 Å². The third kappa shape index (κ3) is 2.74. The molecule has 2 aromatic heterocycles. The zero-order chi connectivity index (χ0) is 14.8. The van der Waals surface area contributed by atoms with Gasteiger partial charge in [0.25, 0.3) is 0 Å². The van der Waals surface area contributed by atoms with E-state index in [2.05, 4.69) is 20.2 Å². The summed E-state index contributed by atoms with van der Waals surface area (Å²) in [6.07, 6.45) is 0. The van der Waals surface area contributed by atoms with Crippen LogP contribution in [0.1, 0.15) is 17.3 Å². The Morgan fingerprint density at radius 1 is 1.19 bits per heavy atom. The van der Waals surface area contributed by atoms with E-state index in [-0.39, 0.29) is 6.61 Å². The maximum atomic E-state index is 9.11. The number of nitrogens with zero attached hydrogens (tertiary/aromatic N) is 5. The summed E-state index contributed by atoms with van der Waals surface area (Å²) in [6, 6.07) is 7.98. The van der Waals surface area contributed by atoms with Crippen molar-refractivity contribution in [3.8, 4) is 0 Å². The van der Waals surface area contributed by atoms with Gasteiger partial charge in [0, 0.05) is 18.1 Å². The number of aliphatic hydroxyl groups excluding tert-OH is 1. The number of aliphatic hydroxyl groups is 1. The van der Waals surface area contributed by atoms with Gasteiger partial charge in [-0.05, 0) is 13.0 Å². The highest BCUT2D eigenvalue weighted by atomic mass is 32.2. The molecule has 3 aromatic rings. The van der Waals surface area contributed by atoms with E-state index < -0.39 is 0 Å². The molecule has 0 amide bonds. The first-order valence-electron chi connectivity index (χ1n) is 6.53. The zero-order valence-corrected chi connectivity index (χ0v) is 12.6. The van der Waals surface area contributed by atoms with Gasteiger partial charge in [0.2, 0.25) is 0 Å². The molecule has 0 atom stereocenters. The molecule has 1 aromatic carbocycles. The molecule has 1 N–H and O–H groups in total. The van der Waals surface area contributed by atoms with Gasteiger partial charge in [-0.25, -0.2) is 9.97 Å². The first kappa shape index (κ1) is 14.0. The highest BCUT2D eigenvalue weighted by Gasteiger charge is 2.10. The van der Waals surface area contributed by atoms with Gasteiger partial charge < -0.3 is 9.67 Å². The van der Waals surface area contributed by atoms with Crippen LogP contribution >= 0.6 is 11.8 Å². The van der Waals surface area contributed by atoms with E-state index >= 15 is 0 Å². The normalized spacial score (nSPS) is 11.2. The van der Waals surface area contributed by atoms with Gasteiger partial charge in [0.05, 0.1) is 11.3 Å². The predicted octanol–water partition coefficient (Wildman–Crippen LogP) is 1.85. The van der Waals surface area contributed by atoms with Crippen molar-refractivity contribution < 1.29 is 5.11 Å². The summed E-state index contributed by atoms with van der Waals surface area (Å²) < 4.78 is 1.78. The molecular formula is C14H15N5OS. The van der Waals surface area contributed by atoms with Crippen molar-refractivity contribution in [1.29, 1.82) is 0 Å². The number of aryl methyl sites for hydroxylation is 1. The molecule has 3 rings (SSSR count). The smallest absolute Gasteiger partial charge is 0.191 e. The Kier molecular flexibility index (Phi) is 3.85. The van der Waals surface area contributed by atoms with Crippen LogP contribution in [-0.4, -0.2) is 29.8 Å². The predicted molar refractivity (Wildman–Crippen MR) is 80.8 cm³/mol. The van der Waals surface area contributed by atoms with E-state index in [1.54, 1.807) is 4.57 Å². The van der Waals surface area contributed by atoms with Crippen LogP contribution in [-0.2, 0) is 19.4 Å². The maximum Gasteiger partial charge on any atom is 0.191 e. The van der Waals surface area contributed by atoms with Crippen LogP contribution in [0.4, 0.5) is 0 Å². The van der Waals surface area contributed by atoms with Crippen LogP contribution < -0.4 is 0 Å². The van der Waals surface area contributed by atoms with Crippen molar-refractivity contribution in [2.75, 3.05) is 0 Å². The standard InChI is InChI=1S/C14H15N5OS/c1-9-10-5-3-4-6-11(10)16-12(15-9)8-21-14-18-17-13(7-20)19(14)2/h3-6,20H,7-8H2,1-2H3. The van der Waals surface area contributed by atoms with Crippen LogP contribution in [0.2, 0.25) is 0 Å². The number of rotatable bonds is 4. The Labute approximate surface area is 126 Å². The molecule has 0 aliphatic carbocycles. The molecule has 0 aliphatic rings. The summed E-state index contributed by atoms with van der Waals surface area (Å²) in [6.45, 7) is 1.88. The molecule has 0 aliphatic heterocycles. The van der Waals surface area contributed by atoms with Crippen LogP contribution in [0.5, 0.6) is 0 Å². The topological polar surface area (TPSA) is 76.7 Å². The fraction of sp³-hybridized carbons (Fsp3) is 0.286. The number of aromatic nitrogens is 5. The van der Waals surface area contributed by atoms with Crippen molar-refractivity contribution in [3.05, 3.63) is 41.6 Å². The minimum absolute atomic E-state index is 0.115. The minimum atomic E-state index is -0.115. The second kappa shape index (κ2) is 5.79. The van der Waals surface area contributed by atoms with Gasteiger partial charge in [-0.1, -0.05) is 30.0 Å². The average Bonchev–Trinajstić information content (AvgIpc) is 2.85. The minimum Gasteiger partial charge on any atom is -0.388 e. The van der Waals surface area contributed by atoms with E-state index in [1.165, 1.54) is 11.8 Å². The summed E-state index contributed by atoms with van der Waals surface area (Å²) >= 11 is 1.51. The van der Waals surface area contributed by atoms with Crippen LogP contribution in [0.25, 0.3) is 10.9 Å². The lowest BCUT2D eigenvalue weighted by molar-refractivity contribution is 0.266. The molecule has 0 fully saturated rings. The Bertz CT molecular complexity index is 786. The molecule has 2 heterocycles. The number of para-hydroxylation sites is 1. The number of hydrogen-bond acceptors (Lipinski definition) is 6. The van der Waals surface area contributed by atoms with Crippen molar-refractivity contribution in [2.24, 2.45) is 7.05 Å². The van der Waals surface area contributed by atoms with Crippen LogP contribution in [0, 0.1) is 6.92 Å². The largest absolute Gasteiger partial charge is 0.388 e. The zero-order valence-electron chi connectivity index (χ0n) is 11.8. The van der Waals surface area contributed by atoms with Crippen LogP contribution in [0.3, 0.4) is 0 Å². The molecule has 6 nitrogen and oxygen atoms in total. The van der Waals surface area contributed by atoms with Gasteiger partial charge >= 0.3 is 0 Å². The molecule has 0 spiro atoms. The molecular weight excluding hydrogens is 286 g/mol. The van der Waals surface area contributed by atoms with Gasteiger partial charge in [0.15, 0.2) is 11.0 Å². The molecule has 0 radical (unpaired) electrons. The van der Waals surface area contributed by atoms with E-state index in [9.17, 15) is 0 Å². The van der Waals surface area contributed by atoms with E-state index in [0.717, 1.165) is 27.6 Å². The third-order valence-electron chi connectivity index (χ3n) is 3.24. The Hall–Kier alpha value is -1.99. The van der Waals surface area contributed by atoms with Crippen molar-refractivity contribution >= 4 is 22.7 Å². The van der Waals surface area contributed by atoms with Gasteiger partial charge in [-0.15, -0.1) is 10.2 Å². The number of hydrogen-bond donors (Lipinski definition) is 1. The van der Waals surface area contributed by atoms with Crippen LogP contribution in [0.15, 0.2) is 29.4 Å². The van der Waals surface area contributed by atoms with Crippen molar-refractivity contribution in [2.45, 2.75) is 24.4 Å². The Morgan fingerprint density at radius 3 is 2.76 bits per heavy atom. The van der Waals surface area contributed by atoms with Crippen molar-refractivity contribution in [3.63, 3.8) is 0 Å². The average molecular weight is 301 g/mol. The SMILES string of the molecule is Cc1nc(CSc2nnc(CO)n2C)nc2ccccc12. The van der Waals surface area contributed by atoms with E-state index in [0.29, 0.717) is 11.6 Å². The molecule has 0 saturated heterocycles. The summed E-state index contributed by atoms with van der Waals surface area (Å²) in [5.74, 6) is 1.93. The second-order valence-corrected chi connectivity index (χ2v) is 5.59. The third-order valence-corrected chi connectivity index (χ3v) is 4.25. The number of thioether (sulfide) groups is 1. The highest BCUT2D eigenvalue weighted by molar-refractivity contribution is 7.98.